The Bertz CT molecular complexity index is 1060. The molecule has 0 unspecified atom stereocenters. The van der Waals surface area contributed by atoms with Crippen LogP contribution in [0, 0.1) is 5.82 Å². The molecule has 2 aromatic carbocycles. The third-order valence-corrected chi connectivity index (χ3v) is 4.80. The van der Waals surface area contributed by atoms with Crippen LogP contribution in [0.2, 0.25) is 0 Å². The van der Waals surface area contributed by atoms with Gasteiger partial charge in [-0.3, -0.25) is 0 Å². The molecular weight excluding hydrogens is 372 g/mol. The maximum Gasteiger partial charge on any atom is 0.449 e. The van der Waals surface area contributed by atoms with Crippen molar-refractivity contribution >= 4 is 9.84 Å². The molecule has 9 heteroatoms. The van der Waals surface area contributed by atoms with E-state index in [-0.39, 0.29) is 27.4 Å². The van der Waals surface area contributed by atoms with Gasteiger partial charge in [-0.25, -0.2) is 17.8 Å². The van der Waals surface area contributed by atoms with Crippen molar-refractivity contribution in [2.24, 2.45) is 0 Å². The Balaban J connectivity index is 2.20. The average molecular weight is 384 g/mol. The molecule has 0 spiro atoms. The highest BCUT2D eigenvalue weighted by Crippen LogP contribution is 2.36. The largest absolute Gasteiger partial charge is 0.449 e. The summed E-state index contributed by atoms with van der Waals surface area (Å²) in [6, 6.07) is 10.5. The maximum absolute atomic E-state index is 14.1. The highest BCUT2D eigenvalue weighted by atomic mass is 32.2. The molecule has 0 bridgehead atoms. The predicted molar refractivity (Wildman–Crippen MR) is 87.5 cm³/mol. The van der Waals surface area contributed by atoms with Gasteiger partial charge in [0.1, 0.15) is 5.82 Å². The van der Waals surface area contributed by atoms with Gasteiger partial charge in [0.15, 0.2) is 9.84 Å². The van der Waals surface area contributed by atoms with E-state index >= 15 is 0 Å². The molecule has 4 nitrogen and oxygen atoms in total. The van der Waals surface area contributed by atoms with E-state index in [9.17, 15) is 26.0 Å². The van der Waals surface area contributed by atoms with Crippen molar-refractivity contribution in [2.75, 3.05) is 6.26 Å². The summed E-state index contributed by atoms with van der Waals surface area (Å²) >= 11 is 0. The van der Waals surface area contributed by atoms with Crippen molar-refractivity contribution in [3.05, 3.63) is 60.2 Å². The van der Waals surface area contributed by atoms with Crippen LogP contribution in [0.25, 0.3) is 22.5 Å². The van der Waals surface area contributed by atoms with Gasteiger partial charge < -0.3 is 4.98 Å². The van der Waals surface area contributed by atoms with Gasteiger partial charge in [-0.15, -0.1) is 0 Å². The second-order valence-corrected chi connectivity index (χ2v) is 7.60. The molecule has 0 aliphatic heterocycles. The Morgan fingerprint density at radius 3 is 2.15 bits per heavy atom. The maximum atomic E-state index is 14.1. The zero-order chi connectivity index (χ0) is 19.1. The van der Waals surface area contributed by atoms with Gasteiger partial charge in [-0.05, 0) is 24.3 Å². The van der Waals surface area contributed by atoms with Crippen LogP contribution in [0.5, 0.6) is 0 Å². The fraction of sp³-hybridized carbons (Fsp3) is 0.118. The number of alkyl halides is 3. The number of halogens is 4. The molecule has 0 saturated heterocycles. The Morgan fingerprint density at radius 2 is 1.62 bits per heavy atom. The van der Waals surface area contributed by atoms with Crippen LogP contribution in [-0.2, 0) is 16.0 Å². The first-order valence-corrected chi connectivity index (χ1v) is 9.19. The van der Waals surface area contributed by atoms with Crippen molar-refractivity contribution in [2.45, 2.75) is 11.1 Å². The lowest BCUT2D eigenvalue weighted by Gasteiger charge is -2.05. The van der Waals surface area contributed by atoms with Gasteiger partial charge in [-0.2, -0.15) is 13.2 Å². The topological polar surface area (TPSA) is 62.8 Å². The summed E-state index contributed by atoms with van der Waals surface area (Å²) in [5, 5.41) is 0. The summed E-state index contributed by atoms with van der Waals surface area (Å²) in [5.41, 5.74) is -0.106. The Morgan fingerprint density at radius 1 is 1.00 bits per heavy atom. The van der Waals surface area contributed by atoms with E-state index < -0.39 is 27.7 Å². The minimum atomic E-state index is -4.75. The van der Waals surface area contributed by atoms with Crippen molar-refractivity contribution in [1.82, 2.24) is 9.97 Å². The van der Waals surface area contributed by atoms with Crippen LogP contribution in [0.15, 0.2) is 53.4 Å². The van der Waals surface area contributed by atoms with Crippen molar-refractivity contribution in [3.63, 3.8) is 0 Å². The number of hydrogen-bond donors (Lipinski definition) is 1. The highest BCUT2D eigenvalue weighted by molar-refractivity contribution is 7.90. The standard InChI is InChI=1S/C17H12F4N2O2S/c1-26(24,25)11-8-6-10(7-9-11)14-15(12-4-2-3-5-13(12)18)23-16(22-14)17(19,20)21/h2-9H,1H3,(H,22,23). The second-order valence-electron chi connectivity index (χ2n) is 5.58. The zero-order valence-corrected chi connectivity index (χ0v) is 14.1. The third-order valence-electron chi connectivity index (χ3n) is 3.67. The van der Waals surface area contributed by atoms with Crippen LogP contribution in [0.1, 0.15) is 5.82 Å². The molecule has 136 valence electrons. The minimum absolute atomic E-state index is 0.0141. The van der Waals surface area contributed by atoms with E-state index in [2.05, 4.69) is 9.97 Å². The lowest BCUT2D eigenvalue weighted by molar-refractivity contribution is -0.144. The van der Waals surface area contributed by atoms with E-state index in [1.54, 1.807) is 0 Å². The molecule has 26 heavy (non-hydrogen) atoms. The number of nitrogens with zero attached hydrogens (tertiary/aromatic N) is 1. The quantitative estimate of drug-likeness (QED) is 0.685. The third kappa shape index (κ3) is 3.48. The highest BCUT2D eigenvalue weighted by Gasteiger charge is 2.36. The minimum Gasteiger partial charge on any atom is -0.334 e. The summed E-state index contributed by atoms with van der Waals surface area (Å²) in [7, 11) is -3.46. The summed E-state index contributed by atoms with van der Waals surface area (Å²) in [6.07, 6.45) is -3.73. The number of rotatable bonds is 3. The first kappa shape index (κ1) is 18.1. The lowest BCUT2D eigenvalue weighted by atomic mass is 10.0. The number of H-pyrrole nitrogens is 1. The Labute approximate surface area is 146 Å². The van der Waals surface area contributed by atoms with Gasteiger partial charge in [0.05, 0.1) is 16.3 Å². The smallest absolute Gasteiger partial charge is 0.334 e. The molecule has 0 aliphatic rings. The number of nitrogens with one attached hydrogen (secondary N) is 1. The van der Waals surface area contributed by atoms with Gasteiger partial charge in [0.2, 0.25) is 5.82 Å². The number of aromatic amines is 1. The molecule has 0 radical (unpaired) electrons. The fourth-order valence-corrected chi connectivity index (χ4v) is 3.07. The van der Waals surface area contributed by atoms with E-state index in [1.807, 2.05) is 0 Å². The molecule has 3 aromatic rings. The fourth-order valence-electron chi connectivity index (χ4n) is 2.44. The average Bonchev–Trinajstić information content (AvgIpc) is 3.00. The van der Waals surface area contributed by atoms with Gasteiger partial charge in [-0.1, -0.05) is 24.3 Å². The predicted octanol–water partition coefficient (Wildman–Crippen LogP) is 4.31. The van der Waals surface area contributed by atoms with Gasteiger partial charge in [0, 0.05) is 17.4 Å². The van der Waals surface area contributed by atoms with E-state index in [0.29, 0.717) is 0 Å². The molecule has 0 atom stereocenters. The van der Waals surface area contributed by atoms with Crippen LogP contribution >= 0.6 is 0 Å². The molecule has 0 saturated carbocycles. The van der Waals surface area contributed by atoms with E-state index in [0.717, 1.165) is 12.3 Å². The molecule has 1 aromatic heterocycles. The number of imidazole rings is 1. The first-order chi connectivity index (χ1) is 12.1. The van der Waals surface area contributed by atoms with Crippen LogP contribution in [0.4, 0.5) is 17.6 Å². The van der Waals surface area contributed by atoms with E-state index in [1.165, 1.54) is 42.5 Å². The lowest BCUT2D eigenvalue weighted by Crippen LogP contribution is -2.07. The number of sulfone groups is 1. The number of benzene rings is 2. The molecular formula is C17H12F4N2O2S. The summed E-state index contributed by atoms with van der Waals surface area (Å²) in [4.78, 5) is 5.71. The number of aromatic nitrogens is 2. The van der Waals surface area contributed by atoms with Crippen molar-refractivity contribution in [3.8, 4) is 22.5 Å². The number of hydrogen-bond acceptors (Lipinski definition) is 3. The Hall–Kier alpha value is -2.68. The second kappa shape index (κ2) is 6.24. The van der Waals surface area contributed by atoms with Crippen molar-refractivity contribution < 1.29 is 26.0 Å². The van der Waals surface area contributed by atoms with Gasteiger partial charge in [0.25, 0.3) is 0 Å². The monoisotopic (exact) mass is 384 g/mol. The molecule has 3 rings (SSSR count). The van der Waals surface area contributed by atoms with Crippen LogP contribution < -0.4 is 0 Å². The molecule has 0 fully saturated rings. The summed E-state index contributed by atoms with van der Waals surface area (Å²) in [6.45, 7) is 0. The molecule has 1 heterocycles. The molecule has 0 amide bonds. The van der Waals surface area contributed by atoms with Gasteiger partial charge >= 0.3 is 6.18 Å². The zero-order valence-electron chi connectivity index (χ0n) is 13.3. The molecule has 1 N–H and O–H groups in total. The van der Waals surface area contributed by atoms with Crippen LogP contribution in [0.3, 0.4) is 0 Å². The normalized spacial score (nSPS) is 12.3. The van der Waals surface area contributed by atoms with Crippen LogP contribution in [-0.4, -0.2) is 24.6 Å². The summed E-state index contributed by atoms with van der Waals surface area (Å²) < 4.78 is 76.3. The van der Waals surface area contributed by atoms with Crippen molar-refractivity contribution in [1.29, 1.82) is 0 Å². The van der Waals surface area contributed by atoms with E-state index in [4.69, 9.17) is 0 Å². The first-order valence-electron chi connectivity index (χ1n) is 7.30. The SMILES string of the molecule is CS(=O)(=O)c1ccc(-c2nc(C(F)(F)F)[nH]c2-c2ccccc2F)cc1. The summed E-state index contributed by atoms with van der Waals surface area (Å²) in [5.74, 6) is -1.98. The molecule has 0 aliphatic carbocycles. The Kier molecular flexibility index (Phi) is 4.35.